The molecule has 2 nitrogen and oxygen atoms in total. The third-order valence-electron chi connectivity index (χ3n) is 3.04. The van der Waals surface area contributed by atoms with Crippen molar-refractivity contribution in [3.05, 3.63) is 29.8 Å². The second-order valence-corrected chi connectivity index (χ2v) is 6.15. The van der Waals surface area contributed by atoms with E-state index >= 15 is 0 Å². The van der Waals surface area contributed by atoms with Gasteiger partial charge in [0.1, 0.15) is 5.75 Å². The molecule has 0 saturated carbocycles. The Hall–Kier alpha value is -0.670. The first-order valence-electron chi connectivity index (χ1n) is 6.78. The minimum atomic E-state index is 0.359. The number of nitrogens with one attached hydrogen (secondary N) is 1. The number of aromatic hydroxyl groups is 1. The lowest BCUT2D eigenvalue weighted by Gasteiger charge is -2.19. The number of benzene rings is 1. The van der Waals surface area contributed by atoms with Gasteiger partial charge in [-0.25, -0.2) is 0 Å². The molecule has 102 valence electrons. The van der Waals surface area contributed by atoms with Gasteiger partial charge in [0.2, 0.25) is 0 Å². The molecule has 0 radical (unpaired) electrons. The molecule has 0 fully saturated rings. The Morgan fingerprint density at radius 3 is 2.72 bits per heavy atom. The van der Waals surface area contributed by atoms with Crippen molar-refractivity contribution in [2.45, 2.75) is 44.9 Å². The molecular weight excluding hydrogens is 242 g/mol. The molecule has 2 atom stereocenters. The van der Waals surface area contributed by atoms with Crippen molar-refractivity contribution in [3.63, 3.8) is 0 Å². The lowest BCUT2D eigenvalue weighted by atomic mass is 10.1. The molecular formula is C15H25NOS. The monoisotopic (exact) mass is 267 g/mol. The van der Waals surface area contributed by atoms with Crippen molar-refractivity contribution in [1.29, 1.82) is 0 Å². The summed E-state index contributed by atoms with van der Waals surface area (Å²) >= 11 is 2.02. The first-order chi connectivity index (χ1) is 8.65. The third-order valence-corrected chi connectivity index (χ3v) is 4.54. The van der Waals surface area contributed by atoms with E-state index < -0.39 is 0 Å². The Bertz CT molecular complexity index is 343. The molecule has 1 aromatic carbocycles. The Kier molecular flexibility index (Phi) is 7.21. The van der Waals surface area contributed by atoms with Gasteiger partial charge in [-0.3, -0.25) is 0 Å². The third kappa shape index (κ3) is 5.78. The second-order valence-electron chi connectivity index (χ2n) is 4.68. The lowest BCUT2D eigenvalue weighted by molar-refractivity contribution is 0.473. The van der Waals surface area contributed by atoms with E-state index in [0.717, 1.165) is 24.0 Å². The van der Waals surface area contributed by atoms with Crippen LogP contribution >= 0.6 is 11.8 Å². The smallest absolute Gasteiger partial charge is 0.115 e. The predicted molar refractivity (Wildman–Crippen MR) is 81.5 cm³/mol. The maximum atomic E-state index is 9.49. The SMILES string of the molecule is CCNC(CSC(C)CC)Cc1cccc(O)c1. The molecule has 0 aliphatic rings. The van der Waals surface area contributed by atoms with Crippen molar-refractivity contribution in [3.8, 4) is 5.75 Å². The van der Waals surface area contributed by atoms with Gasteiger partial charge >= 0.3 is 0 Å². The first-order valence-corrected chi connectivity index (χ1v) is 7.83. The number of likely N-dealkylation sites (N-methyl/N-ethyl adjacent to an activating group) is 1. The van der Waals surface area contributed by atoms with Crippen LogP contribution in [0, 0.1) is 0 Å². The van der Waals surface area contributed by atoms with E-state index in [9.17, 15) is 5.11 Å². The van der Waals surface area contributed by atoms with Crippen molar-refractivity contribution in [2.24, 2.45) is 0 Å². The number of phenolic OH excluding ortho intramolecular Hbond substituents is 1. The summed E-state index contributed by atoms with van der Waals surface area (Å²) < 4.78 is 0. The maximum Gasteiger partial charge on any atom is 0.115 e. The summed E-state index contributed by atoms with van der Waals surface area (Å²) in [6.07, 6.45) is 2.20. The van der Waals surface area contributed by atoms with Gasteiger partial charge in [-0.15, -0.1) is 0 Å². The Labute approximate surface area is 115 Å². The summed E-state index contributed by atoms with van der Waals surface area (Å²) in [6.45, 7) is 7.64. The molecule has 2 N–H and O–H groups in total. The summed E-state index contributed by atoms with van der Waals surface area (Å²) in [7, 11) is 0. The highest BCUT2D eigenvalue weighted by atomic mass is 32.2. The van der Waals surface area contributed by atoms with Gasteiger partial charge in [-0.1, -0.05) is 32.9 Å². The minimum Gasteiger partial charge on any atom is -0.508 e. The molecule has 0 aromatic heterocycles. The first kappa shape index (κ1) is 15.4. The quantitative estimate of drug-likeness (QED) is 0.756. The highest BCUT2D eigenvalue weighted by molar-refractivity contribution is 7.99. The largest absolute Gasteiger partial charge is 0.508 e. The molecule has 18 heavy (non-hydrogen) atoms. The van der Waals surface area contributed by atoms with Gasteiger partial charge in [0.15, 0.2) is 0 Å². The van der Waals surface area contributed by atoms with E-state index in [1.54, 1.807) is 6.07 Å². The molecule has 1 aromatic rings. The number of phenols is 1. The molecule has 0 saturated heterocycles. The van der Waals surface area contributed by atoms with Gasteiger partial charge in [0.05, 0.1) is 0 Å². The number of hydrogen-bond acceptors (Lipinski definition) is 3. The van der Waals surface area contributed by atoms with Crippen LogP contribution in [0.2, 0.25) is 0 Å². The fraction of sp³-hybridized carbons (Fsp3) is 0.600. The minimum absolute atomic E-state index is 0.359. The van der Waals surface area contributed by atoms with Gasteiger partial charge in [-0.2, -0.15) is 11.8 Å². The van der Waals surface area contributed by atoms with Crippen LogP contribution in [0.4, 0.5) is 0 Å². The predicted octanol–water partition coefficient (Wildman–Crippen LogP) is 3.44. The summed E-state index contributed by atoms with van der Waals surface area (Å²) in [4.78, 5) is 0. The van der Waals surface area contributed by atoms with Crippen LogP contribution in [0.3, 0.4) is 0 Å². The van der Waals surface area contributed by atoms with Crippen molar-refractivity contribution in [2.75, 3.05) is 12.3 Å². The van der Waals surface area contributed by atoms with Crippen LogP contribution in [0.5, 0.6) is 5.75 Å². The molecule has 0 bridgehead atoms. The molecule has 0 spiro atoms. The van der Waals surface area contributed by atoms with Gasteiger partial charge < -0.3 is 10.4 Å². The lowest BCUT2D eigenvalue weighted by Crippen LogP contribution is -2.33. The van der Waals surface area contributed by atoms with E-state index in [2.05, 4.69) is 32.2 Å². The van der Waals surface area contributed by atoms with Gasteiger partial charge in [-0.05, 0) is 37.1 Å². The Balaban J connectivity index is 2.51. The molecule has 0 aliphatic carbocycles. The Morgan fingerprint density at radius 1 is 1.33 bits per heavy atom. The van der Waals surface area contributed by atoms with Crippen LogP contribution in [-0.4, -0.2) is 28.7 Å². The maximum absolute atomic E-state index is 9.49. The van der Waals surface area contributed by atoms with E-state index in [0.29, 0.717) is 11.8 Å². The van der Waals surface area contributed by atoms with Crippen molar-refractivity contribution in [1.82, 2.24) is 5.32 Å². The molecule has 0 heterocycles. The van der Waals surface area contributed by atoms with Gasteiger partial charge in [0.25, 0.3) is 0 Å². The normalized spacial score (nSPS) is 14.4. The van der Waals surface area contributed by atoms with Crippen LogP contribution in [0.15, 0.2) is 24.3 Å². The van der Waals surface area contributed by atoms with Gasteiger partial charge in [0, 0.05) is 17.0 Å². The summed E-state index contributed by atoms with van der Waals surface area (Å²) in [5, 5.41) is 13.7. The zero-order valence-electron chi connectivity index (χ0n) is 11.6. The van der Waals surface area contributed by atoms with E-state index in [1.165, 1.54) is 12.0 Å². The molecule has 0 amide bonds. The van der Waals surface area contributed by atoms with Crippen molar-refractivity contribution >= 4 is 11.8 Å². The van der Waals surface area contributed by atoms with E-state index in [-0.39, 0.29) is 0 Å². The molecule has 2 unspecified atom stereocenters. The van der Waals surface area contributed by atoms with Crippen LogP contribution in [0.25, 0.3) is 0 Å². The molecule has 1 rings (SSSR count). The number of hydrogen-bond donors (Lipinski definition) is 2. The zero-order valence-corrected chi connectivity index (χ0v) is 12.5. The average molecular weight is 267 g/mol. The van der Waals surface area contributed by atoms with E-state index in [1.807, 2.05) is 23.9 Å². The summed E-state index contributed by atoms with van der Waals surface area (Å²) in [6, 6.07) is 8.06. The fourth-order valence-electron chi connectivity index (χ4n) is 1.84. The number of thioether (sulfide) groups is 1. The molecule has 3 heteroatoms. The number of rotatable bonds is 8. The Morgan fingerprint density at radius 2 is 2.11 bits per heavy atom. The fourth-order valence-corrected chi connectivity index (χ4v) is 2.88. The second kappa shape index (κ2) is 8.44. The topological polar surface area (TPSA) is 32.3 Å². The highest BCUT2D eigenvalue weighted by Gasteiger charge is 2.10. The van der Waals surface area contributed by atoms with E-state index in [4.69, 9.17) is 0 Å². The zero-order chi connectivity index (χ0) is 13.4. The highest BCUT2D eigenvalue weighted by Crippen LogP contribution is 2.18. The summed E-state index contributed by atoms with van der Waals surface area (Å²) in [5.41, 5.74) is 1.20. The molecule has 0 aliphatic heterocycles. The van der Waals surface area contributed by atoms with Crippen LogP contribution < -0.4 is 5.32 Å². The summed E-state index contributed by atoms with van der Waals surface area (Å²) in [5.74, 6) is 1.48. The average Bonchev–Trinajstić information content (AvgIpc) is 2.36. The standard InChI is InChI=1S/C15H25NOS/c1-4-12(3)18-11-14(16-5-2)9-13-7-6-8-15(17)10-13/h6-8,10,12,14,16-17H,4-5,9,11H2,1-3H3. The van der Waals surface area contributed by atoms with Crippen LogP contribution in [0.1, 0.15) is 32.8 Å². The van der Waals surface area contributed by atoms with Crippen molar-refractivity contribution < 1.29 is 5.11 Å². The van der Waals surface area contributed by atoms with Crippen LogP contribution in [-0.2, 0) is 6.42 Å².